The van der Waals surface area contributed by atoms with E-state index in [-0.39, 0.29) is 11.7 Å². The topological polar surface area (TPSA) is 83.6 Å². The van der Waals surface area contributed by atoms with Gasteiger partial charge in [-0.1, -0.05) is 13.3 Å². The number of aliphatic hydroxyl groups is 1. The maximum absolute atomic E-state index is 12.2. The van der Waals surface area contributed by atoms with Crippen LogP contribution in [-0.4, -0.2) is 54.2 Å². The molecule has 0 atom stereocenters. The summed E-state index contributed by atoms with van der Waals surface area (Å²) in [6.07, 6.45) is 3.24. The van der Waals surface area contributed by atoms with E-state index in [1.165, 1.54) is 0 Å². The highest BCUT2D eigenvalue weighted by Gasteiger charge is 2.43. The van der Waals surface area contributed by atoms with Gasteiger partial charge in [0, 0.05) is 11.9 Å². The van der Waals surface area contributed by atoms with Crippen LogP contribution in [0, 0.1) is 6.92 Å². The van der Waals surface area contributed by atoms with Gasteiger partial charge in [0.15, 0.2) is 0 Å². The summed E-state index contributed by atoms with van der Waals surface area (Å²) in [6, 6.07) is 1.81. The summed E-state index contributed by atoms with van der Waals surface area (Å²) in [4.78, 5) is 22.0. The van der Waals surface area contributed by atoms with E-state index < -0.39 is 5.60 Å². The van der Waals surface area contributed by atoms with Crippen molar-refractivity contribution in [1.82, 2.24) is 24.5 Å². The van der Waals surface area contributed by atoms with Gasteiger partial charge < -0.3 is 10.0 Å². The molecule has 1 fully saturated rings. The number of nitrogens with zero attached hydrogens (tertiary/aromatic N) is 5. The van der Waals surface area contributed by atoms with Gasteiger partial charge in [-0.25, -0.2) is 9.50 Å². The van der Waals surface area contributed by atoms with Crippen LogP contribution in [0.2, 0.25) is 0 Å². The van der Waals surface area contributed by atoms with Gasteiger partial charge in [0.25, 0.3) is 11.7 Å². The number of carbonyl (C=O) groups is 1. The second-order valence-corrected chi connectivity index (χ2v) is 5.37. The predicted molar refractivity (Wildman–Crippen MR) is 71.3 cm³/mol. The highest BCUT2D eigenvalue weighted by atomic mass is 16.3. The Balaban J connectivity index is 1.79. The molecule has 2 aromatic rings. The number of likely N-dealkylation sites (tertiary alicyclic amines) is 1. The molecule has 1 N–H and O–H groups in total. The molecule has 0 saturated carbocycles. The number of carbonyl (C=O) groups excluding carboxylic acids is 1. The van der Waals surface area contributed by atoms with Gasteiger partial charge in [-0.15, -0.1) is 5.10 Å². The molecule has 1 saturated heterocycles. The number of aromatic nitrogens is 4. The van der Waals surface area contributed by atoms with Crippen molar-refractivity contribution in [3.63, 3.8) is 0 Å². The van der Waals surface area contributed by atoms with Crippen molar-refractivity contribution in [3.8, 4) is 0 Å². The highest BCUT2D eigenvalue weighted by molar-refractivity contribution is 5.91. The molecule has 3 heterocycles. The standard InChI is InChI=1S/C13H17N5O2/c1-3-5-13(20)7-17(8-13)11(19)10-15-12-14-6-4-9(2)18(12)16-10/h4,6,20H,3,5,7-8H2,1-2H3. The van der Waals surface area contributed by atoms with E-state index in [0.717, 1.165) is 12.1 Å². The normalized spacial score (nSPS) is 17.2. The first-order chi connectivity index (χ1) is 9.52. The minimum absolute atomic E-state index is 0.130. The molecular formula is C13H17N5O2. The summed E-state index contributed by atoms with van der Waals surface area (Å²) < 4.78 is 1.55. The minimum Gasteiger partial charge on any atom is -0.386 e. The van der Waals surface area contributed by atoms with Gasteiger partial charge in [-0.2, -0.15) is 4.98 Å². The Labute approximate surface area is 116 Å². The van der Waals surface area contributed by atoms with Crippen LogP contribution in [0.1, 0.15) is 36.1 Å². The molecule has 0 radical (unpaired) electrons. The molecule has 0 aliphatic carbocycles. The third-order valence-electron chi connectivity index (χ3n) is 3.59. The average molecular weight is 275 g/mol. The van der Waals surface area contributed by atoms with Gasteiger partial charge in [0.05, 0.1) is 18.7 Å². The monoisotopic (exact) mass is 275 g/mol. The second kappa shape index (κ2) is 4.52. The van der Waals surface area contributed by atoms with Crippen LogP contribution < -0.4 is 0 Å². The number of amides is 1. The van der Waals surface area contributed by atoms with Crippen molar-refractivity contribution in [2.45, 2.75) is 32.3 Å². The van der Waals surface area contributed by atoms with E-state index >= 15 is 0 Å². The van der Waals surface area contributed by atoms with Crippen molar-refractivity contribution in [2.24, 2.45) is 0 Å². The molecule has 0 bridgehead atoms. The van der Waals surface area contributed by atoms with E-state index in [1.54, 1.807) is 21.7 Å². The lowest BCUT2D eigenvalue weighted by Gasteiger charge is -2.46. The van der Waals surface area contributed by atoms with Crippen LogP contribution in [0.15, 0.2) is 12.3 Å². The number of rotatable bonds is 3. The molecule has 1 aliphatic heterocycles. The van der Waals surface area contributed by atoms with Crippen LogP contribution in [0.3, 0.4) is 0 Å². The number of hydrogen-bond donors (Lipinski definition) is 1. The van der Waals surface area contributed by atoms with E-state index in [0.29, 0.717) is 25.3 Å². The molecule has 2 aromatic heterocycles. The van der Waals surface area contributed by atoms with Crippen molar-refractivity contribution >= 4 is 11.7 Å². The summed E-state index contributed by atoms with van der Waals surface area (Å²) in [7, 11) is 0. The van der Waals surface area contributed by atoms with Gasteiger partial charge >= 0.3 is 0 Å². The van der Waals surface area contributed by atoms with Gasteiger partial charge in [0.1, 0.15) is 0 Å². The Bertz CT molecular complexity index is 660. The lowest BCUT2D eigenvalue weighted by molar-refractivity contribution is -0.0863. The van der Waals surface area contributed by atoms with Crippen LogP contribution in [0.25, 0.3) is 5.78 Å². The number of hydrogen-bond acceptors (Lipinski definition) is 5. The Morgan fingerprint density at radius 3 is 2.90 bits per heavy atom. The minimum atomic E-state index is -0.738. The molecular weight excluding hydrogens is 258 g/mol. The molecule has 3 rings (SSSR count). The quantitative estimate of drug-likeness (QED) is 0.877. The van der Waals surface area contributed by atoms with E-state index in [1.807, 2.05) is 13.8 Å². The Kier molecular flexibility index (Phi) is 2.93. The average Bonchev–Trinajstić information content (AvgIpc) is 2.80. The van der Waals surface area contributed by atoms with Gasteiger partial charge in [-0.05, 0) is 19.4 Å². The fourth-order valence-corrected chi connectivity index (χ4v) is 2.57. The SMILES string of the molecule is CCCC1(O)CN(C(=O)c2nc3nccc(C)n3n2)C1. The van der Waals surface area contributed by atoms with Crippen molar-refractivity contribution in [2.75, 3.05) is 13.1 Å². The number of β-amino-alcohol motifs (C(OH)–C–C–N with tert-alkyl or cyclic N) is 1. The molecule has 106 valence electrons. The third kappa shape index (κ3) is 2.03. The first kappa shape index (κ1) is 13.0. The molecule has 7 heteroatoms. The highest BCUT2D eigenvalue weighted by Crippen LogP contribution is 2.26. The van der Waals surface area contributed by atoms with Crippen LogP contribution >= 0.6 is 0 Å². The zero-order valence-electron chi connectivity index (χ0n) is 11.6. The molecule has 1 amide bonds. The van der Waals surface area contributed by atoms with Crippen LogP contribution in [-0.2, 0) is 0 Å². The molecule has 7 nitrogen and oxygen atoms in total. The smallest absolute Gasteiger partial charge is 0.293 e. The lowest BCUT2D eigenvalue weighted by Crippen LogP contribution is -2.63. The summed E-state index contributed by atoms with van der Waals surface area (Å²) in [5.41, 5.74) is 0.130. The third-order valence-corrected chi connectivity index (χ3v) is 3.59. The fourth-order valence-electron chi connectivity index (χ4n) is 2.57. The fraction of sp³-hybridized carbons (Fsp3) is 0.538. The maximum atomic E-state index is 12.2. The summed E-state index contributed by atoms with van der Waals surface area (Å²) >= 11 is 0. The molecule has 0 aromatic carbocycles. The molecule has 0 spiro atoms. The Hall–Kier alpha value is -2.02. The number of fused-ring (bicyclic) bond motifs is 1. The van der Waals surface area contributed by atoms with Crippen molar-refractivity contribution < 1.29 is 9.90 Å². The summed E-state index contributed by atoms with van der Waals surface area (Å²) in [5, 5.41) is 14.3. The van der Waals surface area contributed by atoms with E-state index in [4.69, 9.17) is 0 Å². The lowest BCUT2D eigenvalue weighted by atomic mass is 9.89. The van der Waals surface area contributed by atoms with Gasteiger partial charge in [0.2, 0.25) is 5.82 Å². The van der Waals surface area contributed by atoms with Crippen LogP contribution in [0.5, 0.6) is 0 Å². The largest absolute Gasteiger partial charge is 0.386 e. The Morgan fingerprint density at radius 2 is 2.25 bits per heavy atom. The summed E-state index contributed by atoms with van der Waals surface area (Å²) in [6.45, 7) is 4.59. The van der Waals surface area contributed by atoms with E-state index in [9.17, 15) is 9.90 Å². The Morgan fingerprint density at radius 1 is 1.50 bits per heavy atom. The maximum Gasteiger partial charge on any atom is 0.293 e. The van der Waals surface area contributed by atoms with Crippen molar-refractivity contribution in [3.05, 3.63) is 23.8 Å². The predicted octanol–water partition coefficient (Wildman–Crippen LogP) is 0.420. The first-order valence-electron chi connectivity index (χ1n) is 6.72. The zero-order valence-corrected chi connectivity index (χ0v) is 11.6. The van der Waals surface area contributed by atoms with Gasteiger partial charge in [-0.3, -0.25) is 4.79 Å². The number of aryl methyl sites for hydroxylation is 1. The second-order valence-electron chi connectivity index (χ2n) is 5.37. The van der Waals surface area contributed by atoms with Crippen molar-refractivity contribution in [1.29, 1.82) is 0 Å². The molecule has 1 aliphatic rings. The summed E-state index contributed by atoms with van der Waals surface area (Å²) in [5.74, 6) is 0.290. The van der Waals surface area contributed by atoms with Crippen LogP contribution in [0.4, 0.5) is 0 Å². The first-order valence-corrected chi connectivity index (χ1v) is 6.72. The van der Waals surface area contributed by atoms with E-state index in [2.05, 4.69) is 15.1 Å². The molecule has 0 unspecified atom stereocenters. The zero-order chi connectivity index (χ0) is 14.3. The molecule has 20 heavy (non-hydrogen) atoms.